The van der Waals surface area contributed by atoms with Crippen LogP contribution in [-0.2, 0) is 15.7 Å². The van der Waals surface area contributed by atoms with Gasteiger partial charge in [0, 0.05) is 17.7 Å². The number of alkyl halides is 3. The van der Waals surface area contributed by atoms with E-state index in [9.17, 15) is 28.1 Å². The fourth-order valence-corrected chi connectivity index (χ4v) is 2.29. The first kappa shape index (κ1) is 17.3. The van der Waals surface area contributed by atoms with E-state index in [0.29, 0.717) is 0 Å². The van der Waals surface area contributed by atoms with Crippen molar-refractivity contribution in [2.45, 2.75) is 6.18 Å². The highest BCUT2D eigenvalue weighted by atomic mass is 19.4. The van der Waals surface area contributed by atoms with Crippen molar-refractivity contribution in [1.29, 1.82) is 0 Å². The Morgan fingerprint density at radius 2 is 1.73 bits per heavy atom. The van der Waals surface area contributed by atoms with E-state index in [4.69, 9.17) is 4.74 Å². The zero-order valence-corrected chi connectivity index (χ0v) is 12.9. The number of rotatable bonds is 3. The van der Waals surface area contributed by atoms with Crippen LogP contribution in [0.3, 0.4) is 0 Å². The lowest BCUT2D eigenvalue weighted by atomic mass is 10.1. The predicted molar refractivity (Wildman–Crippen MR) is 85.1 cm³/mol. The van der Waals surface area contributed by atoms with Crippen LogP contribution < -0.4 is 0 Å². The molecular weight excluding hydrogens is 353 g/mol. The van der Waals surface area contributed by atoms with Crippen molar-refractivity contribution < 1.29 is 27.6 Å². The standard InChI is InChI=1S/C17H9F3N2O4/c18-17(19,20)13-4-2-1-3-11(13)9-14-16(23)26-15(21-14)10-5-7-12(8-6-10)22(24)25/h1-9H/b14-9-. The molecule has 0 N–H and O–H groups in total. The van der Waals surface area contributed by atoms with E-state index >= 15 is 0 Å². The van der Waals surface area contributed by atoms with Gasteiger partial charge in [-0.05, 0) is 29.8 Å². The average Bonchev–Trinajstić information content (AvgIpc) is 2.95. The smallest absolute Gasteiger partial charge is 0.402 e. The largest absolute Gasteiger partial charge is 0.416 e. The van der Waals surface area contributed by atoms with Gasteiger partial charge in [0.1, 0.15) is 0 Å². The Morgan fingerprint density at radius 1 is 1.08 bits per heavy atom. The summed E-state index contributed by atoms with van der Waals surface area (Å²) in [4.78, 5) is 25.9. The number of cyclic esters (lactones) is 1. The normalized spacial score (nSPS) is 15.7. The second-order valence-electron chi connectivity index (χ2n) is 5.23. The van der Waals surface area contributed by atoms with Gasteiger partial charge < -0.3 is 4.74 Å². The molecule has 0 radical (unpaired) electrons. The Hall–Kier alpha value is -3.49. The van der Waals surface area contributed by atoms with E-state index in [1.165, 1.54) is 42.5 Å². The van der Waals surface area contributed by atoms with E-state index in [0.717, 1.165) is 12.1 Å². The number of non-ortho nitro benzene ring substituents is 1. The van der Waals surface area contributed by atoms with Crippen molar-refractivity contribution in [3.8, 4) is 0 Å². The minimum absolute atomic E-state index is 0.138. The van der Waals surface area contributed by atoms with Crippen molar-refractivity contribution in [2.75, 3.05) is 0 Å². The molecule has 1 aliphatic rings. The Bertz CT molecular complexity index is 947. The van der Waals surface area contributed by atoms with E-state index in [1.807, 2.05) is 0 Å². The second kappa shape index (κ2) is 6.43. The van der Waals surface area contributed by atoms with Gasteiger partial charge >= 0.3 is 12.1 Å². The first-order valence-corrected chi connectivity index (χ1v) is 7.19. The molecule has 0 bridgehead atoms. The molecule has 1 aliphatic heterocycles. The molecule has 0 saturated carbocycles. The van der Waals surface area contributed by atoms with Gasteiger partial charge in [-0.1, -0.05) is 18.2 Å². The third kappa shape index (κ3) is 3.46. The Morgan fingerprint density at radius 3 is 2.35 bits per heavy atom. The van der Waals surface area contributed by atoms with Crippen LogP contribution in [0, 0.1) is 10.1 Å². The van der Waals surface area contributed by atoms with Crippen molar-refractivity contribution in [2.24, 2.45) is 4.99 Å². The van der Waals surface area contributed by atoms with Crippen LogP contribution in [0.1, 0.15) is 16.7 Å². The number of hydrogen-bond acceptors (Lipinski definition) is 5. The molecule has 2 aromatic carbocycles. The molecule has 26 heavy (non-hydrogen) atoms. The van der Waals surface area contributed by atoms with E-state index in [1.54, 1.807) is 0 Å². The SMILES string of the molecule is O=C1OC(c2ccc([N+](=O)[O-])cc2)=N/C1=C\c1ccccc1C(F)(F)F. The summed E-state index contributed by atoms with van der Waals surface area (Å²) in [5.41, 5.74) is -1.29. The fourth-order valence-electron chi connectivity index (χ4n) is 2.29. The van der Waals surface area contributed by atoms with Gasteiger partial charge in [0.05, 0.1) is 10.5 Å². The van der Waals surface area contributed by atoms with Crippen molar-refractivity contribution in [3.05, 3.63) is 81.0 Å². The van der Waals surface area contributed by atoms with Gasteiger partial charge in [-0.15, -0.1) is 0 Å². The third-order valence-electron chi connectivity index (χ3n) is 3.50. The van der Waals surface area contributed by atoms with E-state index in [-0.39, 0.29) is 28.4 Å². The Balaban J connectivity index is 1.96. The first-order valence-electron chi connectivity index (χ1n) is 7.19. The topological polar surface area (TPSA) is 81.8 Å². The van der Waals surface area contributed by atoms with Gasteiger partial charge in [-0.3, -0.25) is 10.1 Å². The number of carbonyl (C=O) groups excluding carboxylic acids is 1. The fraction of sp³-hybridized carbons (Fsp3) is 0.0588. The lowest BCUT2D eigenvalue weighted by Crippen LogP contribution is -2.08. The van der Waals surface area contributed by atoms with E-state index in [2.05, 4.69) is 4.99 Å². The molecule has 0 aliphatic carbocycles. The number of nitro benzene ring substituents is 1. The van der Waals surface area contributed by atoms with Crippen LogP contribution in [0.2, 0.25) is 0 Å². The van der Waals surface area contributed by atoms with Crippen LogP contribution in [0.4, 0.5) is 18.9 Å². The number of carbonyl (C=O) groups is 1. The molecule has 0 aromatic heterocycles. The van der Waals surface area contributed by atoms with Gasteiger partial charge in [0.15, 0.2) is 5.70 Å². The number of nitrogens with zero attached hydrogens (tertiary/aromatic N) is 2. The second-order valence-corrected chi connectivity index (χ2v) is 5.23. The maximum absolute atomic E-state index is 13.0. The third-order valence-corrected chi connectivity index (χ3v) is 3.50. The van der Waals surface area contributed by atoms with Gasteiger partial charge in [-0.25, -0.2) is 9.79 Å². The quantitative estimate of drug-likeness (QED) is 0.358. The molecule has 0 fully saturated rings. The summed E-state index contributed by atoms with van der Waals surface area (Å²) in [6.45, 7) is 0. The van der Waals surface area contributed by atoms with E-state index < -0.39 is 22.6 Å². The molecule has 132 valence electrons. The van der Waals surface area contributed by atoms with Gasteiger partial charge in [0.2, 0.25) is 5.90 Å². The van der Waals surface area contributed by atoms with Gasteiger partial charge in [0.25, 0.3) is 5.69 Å². The highest BCUT2D eigenvalue weighted by Crippen LogP contribution is 2.33. The molecular formula is C17H9F3N2O4. The first-order chi connectivity index (χ1) is 12.3. The highest BCUT2D eigenvalue weighted by Gasteiger charge is 2.33. The minimum Gasteiger partial charge on any atom is -0.402 e. The number of esters is 1. The molecule has 0 unspecified atom stereocenters. The number of aliphatic imine (C=N–C) groups is 1. The minimum atomic E-state index is -4.58. The van der Waals surface area contributed by atoms with Crippen molar-refractivity contribution in [1.82, 2.24) is 0 Å². The molecule has 3 rings (SSSR count). The average molecular weight is 362 g/mol. The molecule has 6 nitrogen and oxygen atoms in total. The number of benzene rings is 2. The van der Waals surface area contributed by atoms with Crippen molar-refractivity contribution in [3.63, 3.8) is 0 Å². The summed E-state index contributed by atoms with van der Waals surface area (Å²) in [5.74, 6) is -1.05. The number of halogens is 3. The Kier molecular flexibility index (Phi) is 4.29. The van der Waals surface area contributed by atoms with Crippen LogP contribution in [0.5, 0.6) is 0 Å². The molecule has 0 spiro atoms. The lowest BCUT2D eigenvalue weighted by molar-refractivity contribution is -0.384. The van der Waals surface area contributed by atoms with Crippen LogP contribution in [-0.4, -0.2) is 16.8 Å². The van der Waals surface area contributed by atoms with Crippen LogP contribution in [0.25, 0.3) is 6.08 Å². The van der Waals surface area contributed by atoms with Crippen LogP contribution >= 0.6 is 0 Å². The molecule has 0 saturated heterocycles. The lowest BCUT2D eigenvalue weighted by Gasteiger charge is -2.09. The molecule has 2 aromatic rings. The summed E-state index contributed by atoms with van der Waals surface area (Å²) in [6, 6.07) is 9.81. The summed E-state index contributed by atoms with van der Waals surface area (Å²) < 4.78 is 44.0. The Labute approximate surface area is 144 Å². The highest BCUT2D eigenvalue weighted by molar-refractivity contribution is 6.12. The summed E-state index contributed by atoms with van der Waals surface area (Å²) >= 11 is 0. The summed E-state index contributed by atoms with van der Waals surface area (Å²) in [6.07, 6.45) is -3.59. The molecule has 0 amide bonds. The molecule has 1 heterocycles. The predicted octanol–water partition coefficient (Wildman–Crippen LogP) is 3.96. The maximum Gasteiger partial charge on any atom is 0.416 e. The number of ether oxygens (including phenoxy) is 1. The molecule has 9 heteroatoms. The van der Waals surface area contributed by atoms with Crippen molar-refractivity contribution >= 4 is 23.6 Å². The number of nitro groups is 1. The maximum atomic E-state index is 13.0. The zero-order chi connectivity index (χ0) is 18.9. The monoisotopic (exact) mass is 362 g/mol. The summed E-state index contributed by atoms with van der Waals surface area (Å²) in [5, 5.41) is 10.6. The molecule has 0 atom stereocenters. The summed E-state index contributed by atoms with van der Waals surface area (Å²) in [7, 11) is 0. The number of hydrogen-bond donors (Lipinski definition) is 0. The van der Waals surface area contributed by atoms with Gasteiger partial charge in [-0.2, -0.15) is 13.2 Å². The van der Waals surface area contributed by atoms with Crippen LogP contribution in [0.15, 0.2) is 59.2 Å². The zero-order valence-electron chi connectivity index (χ0n) is 12.9.